The highest BCUT2D eigenvalue weighted by Crippen LogP contribution is 2.22. The Labute approximate surface area is 98.1 Å². The highest BCUT2D eigenvalue weighted by atomic mass is 79.9. The van der Waals surface area contributed by atoms with Crippen molar-refractivity contribution in [3.05, 3.63) is 27.6 Å². The topological polar surface area (TPSA) is 56.5 Å². The molecule has 2 aromatic heterocycles. The van der Waals surface area contributed by atoms with Gasteiger partial charge in [-0.1, -0.05) is 11.6 Å². The average molecular weight is 291 g/mol. The second-order valence-corrected chi connectivity index (χ2v) is 3.89. The number of carbonyl (C=O) groups excluding carboxylic acids is 1. The third kappa shape index (κ3) is 1.70. The van der Waals surface area contributed by atoms with Crippen LogP contribution < -0.4 is 0 Å². The second kappa shape index (κ2) is 3.79. The van der Waals surface area contributed by atoms with Crippen molar-refractivity contribution in [2.45, 2.75) is 0 Å². The molecule has 2 aromatic rings. The number of hydrogen-bond donors (Lipinski definition) is 0. The molecule has 0 aliphatic carbocycles. The summed E-state index contributed by atoms with van der Waals surface area (Å²) in [6.07, 6.45) is 2.98. The first-order valence-electron chi connectivity index (χ1n) is 3.91. The number of aromatic nitrogens is 3. The molecule has 0 unspecified atom stereocenters. The van der Waals surface area contributed by atoms with Gasteiger partial charge in [-0.2, -0.15) is 5.10 Å². The number of esters is 1. The van der Waals surface area contributed by atoms with Crippen LogP contribution in [0.2, 0.25) is 5.02 Å². The van der Waals surface area contributed by atoms with E-state index in [0.717, 1.165) is 0 Å². The van der Waals surface area contributed by atoms with Crippen LogP contribution in [0.25, 0.3) is 5.65 Å². The van der Waals surface area contributed by atoms with Gasteiger partial charge in [0.15, 0.2) is 5.65 Å². The Morgan fingerprint density at radius 2 is 2.40 bits per heavy atom. The molecule has 0 fully saturated rings. The fraction of sp³-hybridized carbons (Fsp3) is 0.125. The Balaban J connectivity index is 2.69. The summed E-state index contributed by atoms with van der Waals surface area (Å²) in [6.45, 7) is 0. The van der Waals surface area contributed by atoms with Gasteiger partial charge >= 0.3 is 5.97 Å². The molecular formula is C8H5BrClN3O2. The predicted molar refractivity (Wildman–Crippen MR) is 57.0 cm³/mol. The number of ether oxygens (including phenoxy) is 1. The van der Waals surface area contributed by atoms with Gasteiger partial charge in [0.25, 0.3) is 0 Å². The van der Waals surface area contributed by atoms with Crippen molar-refractivity contribution in [2.24, 2.45) is 0 Å². The quantitative estimate of drug-likeness (QED) is 0.753. The maximum absolute atomic E-state index is 11.3. The van der Waals surface area contributed by atoms with E-state index in [1.165, 1.54) is 17.8 Å². The van der Waals surface area contributed by atoms with Crippen molar-refractivity contribution in [1.82, 2.24) is 14.6 Å². The molecule has 0 atom stereocenters. The van der Waals surface area contributed by atoms with E-state index >= 15 is 0 Å². The zero-order valence-corrected chi connectivity index (χ0v) is 9.91. The molecule has 0 saturated heterocycles. The summed E-state index contributed by atoms with van der Waals surface area (Å²) in [5, 5.41) is 4.20. The van der Waals surface area contributed by atoms with Gasteiger partial charge in [-0.25, -0.2) is 14.3 Å². The summed E-state index contributed by atoms with van der Waals surface area (Å²) in [4.78, 5) is 15.4. The summed E-state index contributed by atoms with van der Waals surface area (Å²) < 4.78 is 6.63. The van der Waals surface area contributed by atoms with Gasteiger partial charge in [0.05, 0.1) is 19.5 Å². The van der Waals surface area contributed by atoms with E-state index in [0.29, 0.717) is 10.3 Å². The molecule has 0 bridgehead atoms. The van der Waals surface area contributed by atoms with Gasteiger partial charge in [-0.05, 0) is 15.9 Å². The molecule has 5 nitrogen and oxygen atoms in total. The molecule has 0 spiro atoms. The molecule has 78 valence electrons. The zero-order valence-electron chi connectivity index (χ0n) is 7.57. The summed E-state index contributed by atoms with van der Waals surface area (Å²) in [7, 11) is 1.28. The lowest BCUT2D eigenvalue weighted by molar-refractivity contribution is 0.0600. The standard InChI is InChI=1S/C8H5BrClN3O2/c1-15-8(14)4-2-11-13-3-5(9)12-7(13)6(4)10/h2-3H,1H3. The van der Waals surface area contributed by atoms with Gasteiger partial charge < -0.3 is 4.74 Å². The van der Waals surface area contributed by atoms with E-state index in [1.54, 1.807) is 6.20 Å². The molecule has 2 rings (SSSR count). The summed E-state index contributed by atoms with van der Waals surface area (Å²) in [6, 6.07) is 0. The summed E-state index contributed by atoms with van der Waals surface area (Å²) in [5.41, 5.74) is 0.608. The fourth-order valence-corrected chi connectivity index (χ4v) is 1.75. The first-order chi connectivity index (χ1) is 7.13. The lowest BCUT2D eigenvalue weighted by Crippen LogP contribution is -2.05. The van der Waals surface area contributed by atoms with E-state index in [2.05, 4.69) is 30.7 Å². The molecule has 0 saturated carbocycles. The minimum absolute atomic E-state index is 0.199. The van der Waals surface area contributed by atoms with Crippen LogP contribution >= 0.6 is 27.5 Å². The Bertz CT molecular complexity index is 540. The number of rotatable bonds is 1. The molecule has 0 amide bonds. The monoisotopic (exact) mass is 289 g/mol. The Morgan fingerprint density at radius 1 is 1.67 bits per heavy atom. The van der Waals surface area contributed by atoms with Crippen LogP contribution in [0.15, 0.2) is 17.0 Å². The van der Waals surface area contributed by atoms with Crippen molar-refractivity contribution in [2.75, 3.05) is 7.11 Å². The molecule has 0 aromatic carbocycles. The first kappa shape index (κ1) is 10.4. The third-order valence-electron chi connectivity index (χ3n) is 1.81. The second-order valence-electron chi connectivity index (χ2n) is 2.70. The average Bonchev–Trinajstić information content (AvgIpc) is 2.59. The summed E-state index contributed by atoms with van der Waals surface area (Å²) in [5.74, 6) is -0.533. The van der Waals surface area contributed by atoms with E-state index in [-0.39, 0.29) is 10.6 Å². The number of fused-ring (bicyclic) bond motifs is 1. The molecule has 2 heterocycles. The van der Waals surface area contributed by atoms with Crippen LogP contribution in [0.5, 0.6) is 0 Å². The van der Waals surface area contributed by atoms with Gasteiger partial charge in [0.2, 0.25) is 0 Å². The van der Waals surface area contributed by atoms with E-state index in [4.69, 9.17) is 11.6 Å². The first-order valence-corrected chi connectivity index (χ1v) is 5.08. The number of hydrogen-bond acceptors (Lipinski definition) is 4. The van der Waals surface area contributed by atoms with Crippen LogP contribution in [0, 0.1) is 0 Å². The Hall–Kier alpha value is -1.14. The van der Waals surface area contributed by atoms with Crippen molar-refractivity contribution < 1.29 is 9.53 Å². The van der Waals surface area contributed by atoms with Crippen LogP contribution in [0.1, 0.15) is 10.4 Å². The molecule has 15 heavy (non-hydrogen) atoms. The molecule has 0 N–H and O–H groups in total. The number of halogens is 2. The van der Waals surface area contributed by atoms with Crippen LogP contribution in [-0.2, 0) is 4.74 Å². The number of methoxy groups -OCH3 is 1. The van der Waals surface area contributed by atoms with Crippen molar-refractivity contribution in [3.63, 3.8) is 0 Å². The Kier molecular flexibility index (Phi) is 2.62. The number of carbonyl (C=O) groups is 1. The normalized spacial score (nSPS) is 10.6. The molecular weight excluding hydrogens is 285 g/mol. The highest BCUT2D eigenvalue weighted by Gasteiger charge is 2.16. The fourth-order valence-electron chi connectivity index (χ4n) is 1.13. The molecule has 7 heteroatoms. The van der Waals surface area contributed by atoms with E-state index in [1.807, 2.05) is 0 Å². The zero-order chi connectivity index (χ0) is 11.0. The Morgan fingerprint density at radius 3 is 3.07 bits per heavy atom. The minimum Gasteiger partial charge on any atom is -0.465 e. The van der Waals surface area contributed by atoms with Crippen LogP contribution in [-0.4, -0.2) is 27.7 Å². The molecule has 0 aliphatic rings. The lowest BCUT2D eigenvalue weighted by Gasteiger charge is -2.01. The number of imidazole rings is 1. The third-order valence-corrected chi connectivity index (χ3v) is 2.56. The maximum atomic E-state index is 11.3. The molecule has 0 radical (unpaired) electrons. The maximum Gasteiger partial charge on any atom is 0.341 e. The SMILES string of the molecule is COC(=O)c1cnn2cc(Br)nc2c1Cl. The smallest absolute Gasteiger partial charge is 0.341 e. The largest absolute Gasteiger partial charge is 0.465 e. The summed E-state index contributed by atoms with van der Waals surface area (Å²) >= 11 is 9.17. The van der Waals surface area contributed by atoms with Crippen LogP contribution in [0.3, 0.4) is 0 Å². The predicted octanol–water partition coefficient (Wildman–Crippen LogP) is 1.93. The lowest BCUT2D eigenvalue weighted by atomic mass is 10.3. The minimum atomic E-state index is -0.533. The number of nitrogens with zero attached hydrogens (tertiary/aromatic N) is 3. The van der Waals surface area contributed by atoms with Gasteiger partial charge in [-0.3, -0.25) is 0 Å². The highest BCUT2D eigenvalue weighted by molar-refractivity contribution is 9.10. The van der Waals surface area contributed by atoms with Crippen molar-refractivity contribution in [3.8, 4) is 0 Å². The van der Waals surface area contributed by atoms with Crippen molar-refractivity contribution in [1.29, 1.82) is 0 Å². The van der Waals surface area contributed by atoms with Gasteiger partial charge in [-0.15, -0.1) is 0 Å². The van der Waals surface area contributed by atoms with E-state index in [9.17, 15) is 4.79 Å². The van der Waals surface area contributed by atoms with Crippen molar-refractivity contribution >= 4 is 39.1 Å². The van der Waals surface area contributed by atoms with E-state index < -0.39 is 5.97 Å². The van der Waals surface area contributed by atoms with Gasteiger partial charge in [0.1, 0.15) is 15.2 Å². The van der Waals surface area contributed by atoms with Gasteiger partial charge in [0, 0.05) is 0 Å². The molecule has 0 aliphatic heterocycles. The van der Waals surface area contributed by atoms with Crippen LogP contribution in [0.4, 0.5) is 0 Å².